The van der Waals surface area contributed by atoms with Crippen LogP contribution in [0.5, 0.6) is 0 Å². The van der Waals surface area contributed by atoms with Crippen molar-refractivity contribution in [1.29, 1.82) is 0 Å². The second-order valence-electron chi connectivity index (χ2n) is 6.80. The molecule has 0 bridgehead atoms. The van der Waals surface area contributed by atoms with Gasteiger partial charge < -0.3 is 4.98 Å². The summed E-state index contributed by atoms with van der Waals surface area (Å²) in [6, 6.07) is 7.11. The minimum absolute atomic E-state index is 0.134. The molecule has 2 aromatic heterocycles. The monoisotopic (exact) mass is 383 g/mol. The third-order valence-corrected chi connectivity index (χ3v) is 6.51. The van der Waals surface area contributed by atoms with Crippen molar-refractivity contribution >= 4 is 26.7 Å². The van der Waals surface area contributed by atoms with Gasteiger partial charge in [-0.25, -0.2) is 13.1 Å². The lowest BCUT2D eigenvalue weighted by Gasteiger charge is -2.12. The number of sulfonamides is 1. The first-order valence-corrected chi connectivity index (χ1v) is 10.6. The molecule has 2 N–H and O–H groups in total. The molecule has 0 aliphatic heterocycles. The Kier molecular flexibility index (Phi) is 4.57. The van der Waals surface area contributed by atoms with E-state index in [1.807, 2.05) is 19.1 Å². The molecule has 1 aliphatic carbocycles. The highest BCUT2D eigenvalue weighted by atomic mass is 32.2. The van der Waals surface area contributed by atoms with E-state index in [0.717, 1.165) is 35.0 Å². The Morgan fingerprint density at radius 3 is 2.85 bits per heavy atom. The number of carbonyl (C=O) groups is 1. The van der Waals surface area contributed by atoms with Crippen LogP contribution in [0.15, 0.2) is 41.6 Å². The van der Waals surface area contributed by atoms with Crippen LogP contribution in [0.4, 0.5) is 0 Å². The van der Waals surface area contributed by atoms with E-state index >= 15 is 0 Å². The smallest absolute Gasteiger partial charge is 0.241 e. The molecule has 0 radical (unpaired) electrons. The van der Waals surface area contributed by atoms with Crippen LogP contribution in [0.1, 0.15) is 46.9 Å². The van der Waals surface area contributed by atoms with Crippen molar-refractivity contribution in [3.8, 4) is 0 Å². The van der Waals surface area contributed by atoms with Crippen LogP contribution in [0, 0.1) is 0 Å². The normalized spacial score (nSPS) is 14.5. The SMILES string of the molecule is CCc1cc2c3c([nH]c2cc1S(=O)(=O)NCc1cccnc1)CCCC3=O. The molecule has 6 nitrogen and oxygen atoms in total. The molecule has 3 aromatic rings. The predicted octanol–water partition coefficient (Wildman–Crippen LogP) is 3.12. The van der Waals surface area contributed by atoms with E-state index in [4.69, 9.17) is 0 Å². The third-order valence-electron chi connectivity index (χ3n) is 5.03. The number of carbonyl (C=O) groups excluding carboxylic acids is 1. The number of rotatable bonds is 5. The van der Waals surface area contributed by atoms with Gasteiger partial charge in [-0.15, -0.1) is 0 Å². The lowest BCUT2D eigenvalue weighted by atomic mass is 9.94. The van der Waals surface area contributed by atoms with Gasteiger partial charge in [-0.1, -0.05) is 13.0 Å². The fraction of sp³-hybridized carbons (Fsp3) is 0.300. The fourth-order valence-electron chi connectivity index (χ4n) is 3.66. The Morgan fingerprint density at radius 1 is 1.26 bits per heavy atom. The van der Waals surface area contributed by atoms with Gasteiger partial charge in [0.15, 0.2) is 5.78 Å². The average molecular weight is 383 g/mol. The molecule has 0 unspecified atom stereocenters. The van der Waals surface area contributed by atoms with Gasteiger partial charge in [0.2, 0.25) is 10.0 Å². The van der Waals surface area contributed by atoms with Crippen molar-refractivity contribution < 1.29 is 13.2 Å². The number of nitrogens with zero attached hydrogens (tertiary/aromatic N) is 1. The molecule has 2 heterocycles. The number of aromatic nitrogens is 2. The van der Waals surface area contributed by atoms with Gasteiger partial charge in [-0.05, 0) is 48.6 Å². The van der Waals surface area contributed by atoms with E-state index in [-0.39, 0.29) is 17.2 Å². The molecule has 140 valence electrons. The predicted molar refractivity (Wildman–Crippen MR) is 103 cm³/mol. The third kappa shape index (κ3) is 3.28. The molecule has 0 saturated carbocycles. The van der Waals surface area contributed by atoms with Crippen molar-refractivity contribution in [1.82, 2.24) is 14.7 Å². The standard InChI is InChI=1S/C20H21N3O3S/c1-2-14-9-15-17(23-16-6-3-7-18(24)20(15)16)10-19(14)27(25,26)22-12-13-5-4-8-21-11-13/h4-5,8-11,22-23H,2-3,6-7,12H2,1H3. The van der Waals surface area contributed by atoms with Crippen molar-refractivity contribution in [2.45, 2.75) is 44.0 Å². The van der Waals surface area contributed by atoms with E-state index in [1.165, 1.54) is 0 Å². The van der Waals surface area contributed by atoms with Gasteiger partial charge in [0, 0.05) is 47.5 Å². The fourth-order valence-corrected chi connectivity index (χ4v) is 5.00. The summed E-state index contributed by atoms with van der Waals surface area (Å²) in [5.74, 6) is 0.134. The van der Waals surface area contributed by atoms with E-state index in [9.17, 15) is 13.2 Å². The number of hydrogen-bond donors (Lipinski definition) is 2. The first-order valence-electron chi connectivity index (χ1n) is 9.09. The number of nitrogens with one attached hydrogen (secondary N) is 2. The number of aromatic amines is 1. The molecule has 0 saturated heterocycles. The molecule has 1 aliphatic rings. The summed E-state index contributed by atoms with van der Waals surface area (Å²) in [5.41, 5.74) is 3.86. The Labute approximate surface area is 158 Å². The van der Waals surface area contributed by atoms with Crippen molar-refractivity contribution in [3.63, 3.8) is 0 Å². The maximum absolute atomic E-state index is 12.9. The maximum Gasteiger partial charge on any atom is 0.241 e. The Balaban J connectivity index is 1.75. The minimum atomic E-state index is -3.69. The average Bonchev–Trinajstić information content (AvgIpc) is 3.05. The first kappa shape index (κ1) is 17.9. The Hall–Kier alpha value is -2.51. The summed E-state index contributed by atoms with van der Waals surface area (Å²) in [6.07, 6.45) is 6.05. The molecule has 0 fully saturated rings. The number of ketones is 1. The Bertz CT molecular complexity index is 1120. The highest BCUT2D eigenvalue weighted by Crippen LogP contribution is 2.32. The zero-order valence-electron chi connectivity index (χ0n) is 15.1. The van der Waals surface area contributed by atoms with Crippen LogP contribution >= 0.6 is 0 Å². The van der Waals surface area contributed by atoms with Crippen LogP contribution in [0.2, 0.25) is 0 Å². The molecule has 27 heavy (non-hydrogen) atoms. The molecule has 0 atom stereocenters. The topological polar surface area (TPSA) is 91.9 Å². The highest BCUT2D eigenvalue weighted by Gasteiger charge is 2.25. The highest BCUT2D eigenvalue weighted by molar-refractivity contribution is 7.89. The van der Waals surface area contributed by atoms with E-state index in [2.05, 4.69) is 14.7 Å². The number of pyridine rings is 1. The van der Waals surface area contributed by atoms with Crippen molar-refractivity contribution in [2.24, 2.45) is 0 Å². The van der Waals surface area contributed by atoms with Crippen LogP contribution in [0.25, 0.3) is 10.9 Å². The number of hydrogen-bond acceptors (Lipinski definition) is 4. The Morgan fingerprint density at radius 2 is 2.11 bits per heavy atom. The number of aryl methyl sites for hydroxylation is 2. The van der Waals surface area contributed by atoms with Crippen LogP contribution in [0.3, 0.4) is 0 Å². The second-order valence-corrected chi connectivity index (χ2v) is 8.54. The molecular weight excluding hydrogens is 362 g/mol. The van der Waals surface area contributed by atoms with Crippen molar-refractivity contribution in [3.05, 3.63) is 59.0 Å². The molecule has 0 amide bonds. The first-order chi connectivity index (χ1) is 13.0. The van der Waals surface area contributed by atoms with Gasteiger partial charge >= 0.3 is 0 Å². The van der Waals surface area contributed by atoms with Crippen LogP contribution in [-0.2, 0) is 29.4 Å². The molecule has 7 heteroatoms. The van der Waals surface area contributed by atoms with Gasteiger partial charge in [-0.2, -0.15) is 0 Å². The second kappa shape index (κ2) is 6.90. The van der Waals surface area contributed by atoms with Gasteiger partial charge in [0.05, 0.1) is 4.90 Å². The van der Waals surface area contributed by atoms with Gasteiger partial charge in [0.1, 0.15) is 0 Å². The summed E-state index contributed by atoms with van der Waals surface area (Å²) in [6.45, 7) is 2.10. The van der Waals surface area contributed by atoms with E-state index < -0.39 is 10.0 Å². The van der Waals surface area contributed by atoms with E-state index in [0.29, 0.717) is 23.9 Å². The molecule has 0 spiro atoms. The van der Waals surface area contributed by atoms with Crippen LogP contribution in [-0.4, -0.2) is 24.2 Å². The number of fused-ring (bicyclic) bond motifs is 3. The molecule has 1 aromatic carbocycles. The largest absolute Gasteiger partial charge is 0.358 e. The lowest BCUT2D eigenvalue weighted by molar-refractivity contribution is 0.0974. The summed E-state index contributed by atoms with van der Waals surface area (Å²) in [7, 11) is -3.69. The quantitative estimate of drug-likeness (QED) is 0.708. The summed E-state index contributed by atoms with van der Waals surface area (Å²) < 4.78 is 28.5. The zero-order valence-corrected chi connectivity index (χ0v) is 15.9. The summed E-state index contributed by atoms with van der Waals surface area (Å²) in [4.78, 5) is 19.9. The number of H-pyrrole nitrogens is 1. The van der Waals surface area contributed by atoms with Crippen LogP contribution < -0.4 is 4.72 Å². The molecule has 4 rings (SSSR count). The summed E-state index contributed by atoms with van der Waals surface area (Å²) in [5, 5.41) is 0.831. The minimum Gasteiger partial charge on any atom is -0.358 e. The summed E-state index contributed by atoms with van der Waals surface area (Å²) >= 11 is 0. The van der Waals surface area contributed by atoms with Gasteiger partial charge in [0.25, 0.3) is 0 Å². The van der Waals surface area contributed by atoms with E-state index in [1.54, 1.807) is 24.5 Å². The number of benzene rings is 1. The maximum atomic E-state index is 12.9. The lowest BCUT2D eigenvalue weighted by Crippen LogP contribution is -2.24. The van der Waals surface area contributed by atoms with Gasteiger partial charge in [-0.3, -0.25) is 9.78 Å². The molecular formula is C20H21N3O3S. The zero-order chi connectivity index (χ0) is 19.0. The number of Topliss-reactive ketones (excluding diaryl/α,β-unsaturated/α-hetero) is 1. The van der Waals surface area contributed by atoms with Crippen molar-refractivity contribution in [2.75, 3.05) is 0 Å².